The minimum Gasteiger partial charge on any atom is -0.384 e. The first-order chi connectivity index (χ1) is 12.5. The summed E-state index contributed by atoms with van der Waals surface area (Å²) in [5.74, 6) is 0.754. The minimum absolute atomic E-state index is 0.0272. The fraction of sp³-hybridized carbons (Fsp3) is 0.400. The van der Waals surface area contributed by atoms with E-state index in [1.165, 1.54) is 16.0 Å². The molecule has 0 atom stereocenters. The number of fused-ring (bicyclic) bond motifs is 1. The smallest absolute Gasteiger partial charge is 0.267 e. The molecule has 0 spiro atoms. The summed E-state index contributed by atoms with van der Waals surface area (Å²) in [5.41, 5.74) is 4.40. The quantitative estimate of drug-likeness (QED) is 0.350. The van der Waals surface area contributed by atoms with Crippen molar-refractivity contribution in [2.75, 3.05) is 19.5 Å². The largest absolute Gasteiger partial charge is 0.384 e. The van der Waals surface area contributed by atoms with Crippen LogP contribution in [0.3, 0.4) is 0 Å². The molecule has 0 saturated heterocycles. The highest BCUT2D eigenvalue weighted by Crippen LogP contribution is 2.30. The van der Waals surface area contributed by atoms with Crippen molar-refractivity contribution in [2.24, 2.45) is 0 Å². The van der Waals surface area contributed by atoms with Crippen molar-refractivity contribution in [3.8, 4) is 5.69 Å². The molecule has 0 saturated carbocycles. The van der Waals surface area contributed by atoms with Gasteiger partial charge in [-0.1, -0.05) is 24.8 Å². The second kappa shape index (κ2) is 7.94. The molecule has 0 bridgehead atoms. The Morgan fingerprint density at radius 1 is 1.23 bits per heavy atom. The first-order valence-corrected chi connectivity index (χ1v) is 10.5. The van der Waals surface area contributed by atoms with Gasteiger partial charge in [0.15, 0.2) is 5.16 Å². The summed E-state index contributed by atoms with van der Waals surface area (Å²) < 4.78 is 6.93. The highest BCUT2D eigenvalue weighted by molar-refractivity contribution is 7.99. The molecule has 6 heteroatoms. The third-order valence-corrected chi connectivity index (χ3v) is 6.56. The van der Waals surface area contributed by atoms with Crippen molar-refractivity contribution in [1.29, 1.82) is 0 Å². The van der Waals surface area contributed by atoms with Crippen LogP contribution in [0.25, 0.3) is 15.9 Å². The molecule has 0 unspecified atom stereocenters. The predicted molar refractivity (Wildman–Crippen MR) is 111 cm³/mol. The Bertz CT molecular complexity index is 1010. The molecule has 1 aromatic carbocycles. The fourth-order valence-corrected chi connectivity index (χ4v) is 5.10. The normalized spacial score (nSPS) is 11.4. The number of thiophene rings is 1. The van der Waals surface area contributed by atoms with Crippen LogP contribution in [0.2, 0.25) is 0 Å². The molecule has 138 valence electrons. The summed E-state index contributed by atoms with van der Waals surface area (Å²) in [7, 11) is 1.68. The molecule has 26 heavy (non-hydrogen) atoms. The number of nitrogens with zero attached hydrogens (tertiary/aromatic N) is 2. The van der Waals surface area contributed by atoms with Crippen LogP contribution in [0.5, 0.6) is 0 Å². The van der Waals surface area contributed by atoms with Gasteiger partial charge in [-0.05, 0) is 56.0 Å². The number of aromatic nitrogens is 2. The molecule has 0 amide bonds. The molecule has 3 aromatic rings. The zero-order chi connectivity index (χ0) is 18.8. The third-order valence-electron chi connectivity index (χ3n) is 4.62. The Kier molecular flexibility index (Phi) is 5.85. The number of ether oxygens (including phenoxy) is 1. The van der Waals surface area contributed by atoms with E-state index in [1.807, 2.05) is 6.07 Å². The maximum Gasteiger partial charge on any atom is 0.267 e. The highest BCUT2D eigenvalue weighted by atomic mass is 32.2. The monoisotopic (exact) mass is 388 g/mol. The van der Waals surface area contributed by atoms with Gasteiger partial charge in [0.2, 0.25) is 0 Å². The number of thioether (sulfide) groups is 1. The molecule has 0 aliphatic rings. The Labute approximate surface area is 162 Å². The molecule has 0 fully saturated rings. The number of hydrogen-bond donors (Lipinski definition) is 0. The van der Waals surface area contributed by atoms with Crippen molar-refractivity contribution in [3.63, 3.8) is 0 Å². The van der Waals surface area contributed by atoms with E-state index < -0.39 is 0 Å². The van der Waals surface area contributed by atoms with E-state index in [-0.39, 0.29) is 5.56 Å². The van der Waals surface area contributed by atoms with Gasteiger partial charge in [-0.2, -0.15) is 0 Å². The van der Waals surface area contributed by atoms with Crippen molar-refractivity contribution in [3.05, 3.63) is 50.1 Å². The molecular weight excluding hydrogens is 364 g/mol. The van der Waals surface area contributed by atoms with Crippen molar-refractivity contribution in [2.45, 2.75) is 39.3 Å². The second-order valence-corrected chi connectivity index (χ2v) is 8.58. The van der Waals surface area contributed by atoms with Gasteiger partial charge in [-0.3, -0.25) is 9.36 Å². The third kappa shape index (κ3) is 3.46. The molecule has 0 radical (unpaired) electrons. The van der Waals surface area contributed by atoms with Crippen molar-refractivity contribution in [1.82, 2.24) is 9.55 Å². The van der Waals surface area contributed by atoms with Crippen LogP contribution in [0, 0.1) is 20.8 Å². The number of aryl methyl sites for hydroxylation is 4. The SMILES string of the molecule is CCc1c(C)sc2nc(SCCOC)n(-c3ccc(C)c(C)c3)c(=O)c12. The molecule has 0 aliphatic carbocycles. The zero-order valence-electron chi connectivity index (χ0n) is 15.9. The van der Waals surface area contributed by atoms with Crippen LogP contribution in [0.15, 0.2) is 28.2 Å². The Morgan fingerprint density at radius 3 is 2.65 bits per heavy atom. The lowest BCUT2D eigenvalue weighted by Gasteiger charge is -2.13. The molecule has 2 aromatic heterocycles. The number of hydrogen-bond acceptors (Lipinski definition) is 5. The second-order valence-electron chi connectivity index (χ2n) is 6.32. The first-order valence-electron chi connectivity index (χ1n) is 8.72. The predicted octanol–water partition coefficient (Wildman–Crippen LogP) is 4.67. The maximum absolute atomic E-state index is 13.5. The molecule has 2 heterocycles. The summed E-state index contributed by atoms with van der Waals surface area (Å²) in [5, 5.41) is 1.50. The summed E-state index contributed by atoms with van der Waals surface area (Å²) in [6.07, 6.45) is 0.839. The van der Waals surface area contributed by atoms with Gasteiger partial charge < -0.3 is 4.74 Å². The van der Waals surface area contributed by atoms with E-state index in [1.54, 1.807) is 34.8 Å². The van der Waals surface area contributed by atoms with Crippen LogP contribution in [-0.4, -0.2) is 29.0 Å². The molecular formula is C20H24N2O2S2. The zero-order valence-corrected chi connectivity index (χ0v) is 17.5. The average molecular weight is 389 g/mol. The topological polar surface area (TPSA) is 44.1 Å². The van der Waals surface area contributed by atoms with E-state index in [0.29, 0.717) is 6.61 Å². The van der Waals surface area contributed by atoms with Gasteiger partial charge in [0, 0.05) is 17.7 Å². The maximum atomic E-state index is 13.5. The Hall–Kier alpha value is -1.63. The van der Waals surface area contributed by atoms with Gasteiger partial charge in [0.1, 0.15) is 4.83 Å². The molecule has 3 rings (SSSR count). The van der Waals surface area contributed by atoms with Gasteiger partial charge >= 0.3 is 0 Å². The lowest BCUT2D eigenvalue weighted by atomic mass is 10.1. The lowest BCUT2D eigenvalue weighted by molar-refractivity contribution is 0.218. The number of methoxy groups -OCH3 is 1. The van der Waals surface area contributed by atoms with Crippen LogP contribution >= 0.6 is 23.1 Å². The fourth-order valence-electron chi connectivity index (χ4n) is 3.03. The summed E-state index contributed by atoms with van der Waals surface area (Å²) >= 11 is 3.17. The van der Waals surface area contributed by atoms with E-state index in [2.05, 4.69) is 39.8 Å². The minimum atomic E-state index is 0.0272. The highest BCUT2D eigenvalue weighted by Gasteiger charge is 2.19. The van der Waals surface area contributed by atoms with Gasteiger partial charge in [-0.25, -0.2) is 4.98 Å². The standard InChI is InChI=1S/C20H24N2O2S2/c1-6-16-14(4)26-18-17(16)19(23)22(20(21-18)25-10-9-24-5)15-8-7-12(2)13(3)11-15/h7-8,11H,6,9-10H2,1-5H3. The van der Waals surface area contributed by atoms with E-state index in [9.17, 15) is 4.79 Å². The Morgan fingerprint density at radius 2 is 2.00 bits per heavy atom. The average Bonchev–Trinajstić information content (AvgIpc) is 2.93. The Balaban J connectivity index is 2.28. The first kappa shape index (κ1) is 19.1. The van der Waals surface area contributed by atoms with Gasteiger partial charge in [-0.15, -0.1) is 11.3 Å². The van der Waals surface area contributed by atoms with Crippen molar-refractivity contribution < 1.29 is 4.74 Å². The molecule has 0 N–H and O–H groups in total. The van der Waals surface area contributed by atoms with Crippen LogP contribution in [0.4, 0.5) is 0 Å². The number of rotatable bonds is 6. The van der Waals surface area contributed by atoms with E-state index in [4.69, 9.17) is 9.72 Å². The van der Waals surface area contributed by atoms with Crippen LogP contribution in [-0.2, 0) is 11.2 Å². The van der Waals surface area contributed by atoms with Gasteiger partial charge in [0.05, 0.1) is 17.7 Å². The van der Waals surface area contributed by atoms with E-state index >= 15 is 0 Å². The van der Waals surface area contributed by atoms with Crippen LogP contribution in [0.1, 0.15) is 28.5 Å². The summed E-state index contributed by atoms with van der Waals surface area (Å²) in [4.78, 5) is 20.3. The summed E-state index contributed by atoms with van der Waals surface area (Å²) in [6, 6.07) is 6.13. The van der Waals surface area contributed by atoms with Crippen molar-refractivity contribution >= 4 is 33.3 Å². The molecule has 0 aliphatic heterocycles. The molecule has 4 nitrogen and oxygen atoms in total. The number of benzene rings is 1. The lowest BCUT2D eigenvalue weighted by Crippen LogP contribution is -2.22. The van der Waals surface area contributed by atoms with Gasteiger partial charge in [0.25, 0.3) is 5.56 Å². The van der Waals surface area contributed by atoms with E-state index in [0.717, 1.165) is 38.8 Å². The van der Waals surface area contributed by atoms with Crippen LogP contribution < -0.4 is 5.56 Å². The summed E-state index contributed by atoms with van der Waals surface area (Å²) in [6.45, 7) is 8.93.